The third-order valence-electron chi connectivity index (χ3n) is 6.15. The van der Waals surface area contributed by atoms with Crippen molar-refractivity contribution in [3.05, 3.63) is 36.1 Å². The van der Waals surface area contributed by atoms with Crippen molar-refractivity contribution in [3.8, 4) is 0 Å². The van der Waals surface area contributed by atoms with Gasteiger partial charge in [-0.3, -0.25) is 0 Å². The molecule has 0 aliphatic heterocycles. The summed E-state index contributed by atoms with van der Waals surface area (Å²) in [5.41, 5.74) is 1.44. The molecule has 2 nitrogen and oxygen atoms in total. The Balaban J connectivity index is 1.35. The molecule has 1 heterocycles. The molecule has 0 radical (unpaired) electrons. The highest BCUT2D eigenvalue weighted by molar-refractivity contribution is 5.77. The lowest BCUT2D eigenvalue weighted by Crippen LogP contribution is -2.58. The van der Waals surface area contributed by atoms with E-state index in [-0.39, 0.29) is 0 Å². The molecular weight excluding hydrogens is 258 g/mol. The van der Waals surface area contributed by atoms with Crippen LogP contribution in [0.2, 0.25) is 0 Å². The summed E-state index contributed by atoms with van der Waals surface area (Å²) in [5, 5.41) is 5.13. The van der Waals surface area contributed by atoms with Gasteiger partial charge in [0, 0.05) is 10.9 Å². The van der Waals surface area contributed by atoms with Crippen LogP contribution in [0.25, 0.3) is 11.0 Å². The molecule has 4 saturated carbocycles. The van der Waals surface area contributed by atoms with Gasteiger partial charge in [0.25, 0.3) is 0 Å². The van der Waals surface area contributed by atoms with Gasteiger partial charge in [-0.2, -0.15) is 0 Å². The van der Waals surface area contributed by atoms with Gasteiger partial charge in [-0.05, 0) is 68.4 Å². The fourth-order valence-corrected chi connectivity index (χ4v) is 5.73. The third kappa shape index (κ3) is 2.03. The zero-order valence-electron chi connectivity index (χ0n) is 12.5. The van der Waals surface area contributed by atoms with Crippen molar-refractivity contribution in [3.63, 3.8) is 0 Å². The lowest BCUT2D eigenvalue weighted by molar-refractivity contribution is -0.0212. The normalized spacial score (nSPS) is 37.4. The smallest absolute Gasteiger partial charge is 0.134 e. The highest BCUT2D eigenvalue weighted by atomic mass is 16.3. The molecule has 110 valence electrons. The van der Waals surface area contributed by atoms with E-state index in [1.807, 2.05) is 6.07 Å². The zero-order valence-corrected chi connectivity index (χ0v) is 12.5. The van der Waals surface area contributed by atoms with Crippen LogP contribution in [0, 0.1) is 17.8 Å². The molecule has 4 aliphatic rings. The topological polar surface area (TPSA) is 25.2 Å². The summed E-state index contributed by atoms with van der Waals surface area (Å²) < 4.78 is 5.97. The van der Waals surface area contributed by atoms with Crippen LogP contribution in [0.3, 0.4) is 0 Å². The second kappa shape index (κ2) is 4.36. The predicted molar refractivity (Wildman–Crippen MR) is 84.0 cm³/mol. The maximum atomic E-state index is 5.97. The first-order chi connectivity index (χ1) is 10.3. The largest absolute Gasteiger partial charge is 0.460 e. The van der Waals surface area contributed by atoms with Crippen molar-refractivity contribution in [2.75, 3.05) is 0 Å². The van der Waals surface area contributed by atoms with Gasteiger partial charge in [0.1, 0.15) is 11.3 Å². The number of para-hydroxylation sites is 1. The Labute approximate surface area is 125 Å². The summed E-state index contributed by atoms with van der Waals surface area (Å²) in [7, 11) is 0. The minimum atomic E-state index is 0.424. The van der Waals surface area contributed by atoms with Crippen molar-refractivity contribution >= 4 is 11.0 Å². The number of hydrogen-bond acceptors (Lipinski definition) is 2. The molecule has 1 aromatic heterocycles. The standard InChI is InChI=1S/C19H23NO/c1-2-4-18-16(3-1)8-17(21-18)12-20-19-9-13-5-14(10-19)7-15(6-13)11-19/h1-4,8,13-15,20H,5-7,9-12H2. The highest BCUT2D eigenvalue weighted by Crippen LogP contribution is 2.55. The molecule has 4 fully saturated rings. The van der Waals surface area contributed by atoms with Gasteiger partial charge in [0.2, 0.25) is 0 Å². The molecule has 6 rings (SSSR count). The molecule has 2 heteroatoms. The lowest BCUT2D eigenvalue weighted by atomic mass is 9.53. The molecule has 21 heavy (non-hydrogen) atoms. The van der Waals surface area contributed by atoms with E-state index in [2.05, 4.69) is 29.6 Å². The lowest BCUT2D eigenvalue weighted by Gasteiger charge is -2.57. The second-order valence-electron chi connectivity index (χ2n) is 7.80. The third-order valence-corrected chi connectivity index (χ3v) is 6.15. The van der Waals surface area contributed by atoms with E-state index >= 15 is 0 Å². The molecule has 0 atom stereocenters. The Morgan fingerprint density at radius 1 is 1.00 bits per heavy atom. The van der Waals surface area contributed by atoms with E-state index in [1.54, 1.807) is 0 Å². The maximum absolute atomic E-state index is 5.97. The summed E-state index contributed by atoms with van der Waals surface area (Å²) in [4.78, 5) is 0. The summed E-state index contributed by atoms with van der Waals surface area (Å²) in [6.07, 6.45) is 8.72. The minimum absolute atomic E-state index is 0.424. The summed E-state index contributed by atoms with van der Waals surface area (Å²) in [6.45, 7) is 0.890. The maximum Gasteiger partial charge on any atom is 0.134 e. The highest BCUT2D eigenvalue weighted by Gasteiger charge is 2.50. The molecule has 2 aromatic rings. The number of hydrogen-bond donors (Lipinski definition) is 1. The summed E-state index contributed by atoms with van der Waals surface area (Å²) in [6, 6.07) is 10.5. The van der Waals surface area contributed by atoms with Gasteiger partial charge in [-0.25, -0.2) is 0 Å². The Bertz CT molecular complexity index is 603. The number of nitrogens with one attached hydrogen (secondary N) is 1. The molecule has 4 aliphatic carbocycles. The van der Waals surface area contributed by atoms with Gasteiger partial charge >= 0.3 is 0 Å². The predicted octanol–water partition coefficient (Wildman–Crippen LogP) is 4.49. The van der Waals surface area contributed by atoms with Gasteiger partial charge in [0.15, 0.2) is 0 Å². The van der Waals surface area contributed by atoms with Crippen LogP contribution in [0.4, 0.5) is 0 Å². The average Bonchev–Trinajstić information content (AvgIpc) is 2.87. The first kappa shape index (κ1) is 12.3. The number of furan rings is 1. The van der Waals surface area contributed by atoms with Crippen molar-refractivity contribution in [2.45, 2.75) is 50.6 Å². The van der Waals surface area contributed by atoms with E-state index < -0.39 is 0 Å². The van der Waals surface area contributed by atoms with E-state index in [0.717, 1.165) is 35.6 Å². The first-order valence-electron chi connectivity index (χ1n) is 8.50. The molecule has 0 spiro atoms. The molecule has 1 N–H and O–H groups in total. The van der Waals surface area contributed by atoms with E-state index in [0.29, 0.717) is 5.54 Å². The van der Waals surface area contributed by atoms with Crippen LogP contribution in [0.5, 0.6) is 0 Å². The van der Waals surface area contributed by atoms with E-state index in [4.69, 9.17) is 4.42 Å². The Morgan fingerprint density at radius 3 is 2.33 bits per heavy atom. The molecule has 0 amide bonds. The zero-order chi connectivity index (χ0) is 13.9. The van der Waals surface area contributed by atoms with Crippen LogP contribution < -0.4 is 5.32 Å². The SMILES string of the molecule is c1ccc2oc(CNC34CC5CC(CC(C5)C3)C4)cc2c1. The quantitative estimate of drug-likeness (QED) is 0.896. The molecule has 1 aromatic carbocycles. The molecule has 0 unspecified atom stereocenters. The van der Waals surface area contributed by atoms with E-state index in [1.165, 1.54) is 43.9 Å². The Hall–Kier alpha value is -1.28. The van der Waals surface area contributed by atoms with Gasteiger partial charge in [-0.1, -0.05) is 18.2 Å². The molecule has 4 bridgehead atoms. The van der Waals surface area contributed by atoms with Crippen LogP contribution >= 0.6 is 0 Å². The van der Waals surface area contributed by atoms with Crippen LogP contribution in [0.15, 0.2) is 34.7 Å². The number of fused-ring (bicyclic) bond motifs is 1. The minimum Gasteiger partial charge on any atom is -0.460 e. The molecular formula is C19H23NO. The van der Waals surface area contributed by atoms with Crippen molar-refractivity contribution in [1.29, 1.82) is 0 Å². The number of rotatable bonds is 3. The van der Waals surface area contributed by atoms with Crippen molar-refractivity contribution < 1.29 is 4.42 Å². The second-order valence-corrected chi connectivity index (χ2v) is 7.80. The fourth-order valence-electron chi connectivity index (χ4n) is 5.73. The molecule has 0 saturated heterocycles. The average molecular weight is 281 g/mol. The van der Waals surface area contributed by atoms with Gasteiger partial charge < -0.3 is 9.73 Å². The monoisotopic (exact) mass is 281 g/mol. The van der Waals surface area contributed by atoms with Crippen LogP contribution in [0.1, 0.15) is 44.3 Å². The first-order valence-corrected chi connectivity index (χ1v) is 8.50. The van der Waals surface area contributed by atoms with Crippen molar-refractivity contribution in [2.24, 2.45) is 17.8 Å². The summed E-state index contributed by atoms with van der Waals surface area (Å²) in [5.74, 6) is 4.09. The van der Waals surface area contributed by atoms with Crippen LogP contribution in [-0.4, -0.2) is 5.54 Å². The Kier molecular flexibility index (Phi) is 2.55. The van der Waals surface area contributed by atoms with Gasteiger partial charge in [-0.15, -0.1) is 0 Å². The van der Waals surface area contributed by atoms with Crippen LogP contribution in [-0.2, 0) is 6.54 Å². The summed E-state index contributed by atoms with van der Waals surface area (Å²) >= 11 is 0. The Morgan fingerprint density at radius 2 is 1.67 bits per heavy atom. The van der Waals surface area contributed by atoms with Crippen molar-refractivity contribution in [1.82, 2.24) is 5.32 Å². The number of benzene rings is 1. The van der Waals surface area contributed by atoms with E-state index in [9.17, 15) is 0 Å². The van der Waals surface area contributed by atoms with Gasteiger partial charge in [0.05, 0.1) is 6.54 Å². The fraction of sp³-hybridized carbons (Fsp3) is 0.579.